The SMILES string of the molecule is CNc1ccc(OCc2ccc(O)cc2)cc1. The van der Waals surface area contributed by atoms with Gasteiger partial charge < -0.3 is 15.2 Å². The molecule has 2 N–H and O–H groups in total. The summed E-state index contributed by atoms with van der Waals surface area (Å²) >= 11 is 0. The molecule has 0 aliphatic carbocycles. The monoisotopic (exact) mass is 229 g/mol. The fraction of sp³-hybridized carbons (Fsp3) is 0.143. The summed E-state index contributed by atoms with van der Waals surface area (Å²) in [5.74, 6) is 1.10. The highest BCUT2D eigenvalue weighted by atomic mass is 16.5. The van der Waals surface area contributed by atoms with Gasteiger partial charge in [-0.1, -0.05) is 12.1 Å². The summed E-state index contributed by atoms with van der Waals surface area (Å²) in [5, 5.41) is 12.2. The van der Waals surface area contributed by atoms with E-state index in [2.05, 4.69) is 5.32 Å². The number of rotatable bonds is 4. The van der Waals surface area contributed by atoms with E-state index in [9.17, 15) is 0 Å². The molecule has 88 valence electrons. The van der Waals surface area contributed by atoms with Crippen molar-refractivity contribution in [1.82, 2.24) is 0 Å². The molecular weight excluding hydrogens is 214 g/mol. The number of anilines is 1. The van der Waals surface area contributed by atoms with Gasteiger partial charge in [0.1, 0.15) is 18.1 Å². The average Bonchev–Trinajstić information content (AvgIpc) is 2.39. The normalized spacial score (nSPS) is 9.94. The molecule has 17 heavy (non-hydrogen) atoms. The van der Waals surface area contributed by atoms with E-state index < -0.39 is 0 Å². The van der Waals surface area contributed by atoms with Gasteiger partial charge in [-0.2, -0.15) is 0 Å². The lowest BCUT2D eigenvalue weighted by Gasteiger charge is -2.07. The van der Waals surface area contributed by atoms with Crippen molar-refractivity contribution >= 4 is 5.69 Å². The first-order chi connectivity index (χ1) is 8.28. The van der Waals surface area contributed by atoms with Crippen molar-refractivity contribution in [3.8, 4) is 11.5 Å². The second-order valence-corrected chi connectivity index (χ2v) is 3.73. The number of benzene rings is 2. The lowest BCUT2D eigenvalue weighted by atomic mass is 10.2. The van der Waals surface area contributed by atoms with E-state index in [-0.39, 0.29) is 5.75 Å². The second-order valence-electron chi connectivity index (χ2n) is 3.73. The average molecular weight is 229 g/mol. The highest BCUT2D eigenvalue weighted by Gasteiger charge is 1.96. The van der Waals surface area contributed by atoms with E-state index in [1.807, 2.05) is 43.4 Å². The molecule has 0 amide bonds. The van der Waals surface area contributed by atoms with Crippen molar-refractivity contribution in [2.45, 2.75) is 6.61 Å². The summed E-state index contributed by atoms with van der Waals surface area (Å²) < 4.78 is 5.62. The molecule has 0 aliphatic heterocycles. The third-order valence-electron chi connectivity index (χ3n) is 2.48. The molecule has 0 bridgehead atoms. The summed E-state index contributed by atoms with van der Waals surface area (Å²) in [6.45, 7) is 0.499. The van der Waals surface area contributed by atoms with Gasteiger partial charge in [0.2, 0.25) is 0 Å². The van der Waals surface area contributed by atoms with Crippen LogP contribution in [0.25, 0.3) is 0 Å². The molecule has 0 fully saturated rings. The number of phenolic OH excluding ortho intramolecular Hbond substituents is 1. The third-order valence-corrected chi connectivity index (χ3v) is 2.48. The van der Waals surface area contributed by atoms with Crippen molar-refractivity contribution in [1.29, 1.82) is 0 Å². The minimum atomic E-state index is 0.270. The highest BCUT2D eigenvalue weighted by Crippen LogP contribution is 2.17. The number of hydrogen-bond donors (Lipinski definition) is 2. The Kier molecular flexibility index (Phi) is 3.50. The first-order valence-corrected chi connectivity index (χ1v) is 5.46. The number of hydrogen-bond acceptors (Lipinski definition) is 3. The third kappa shape index (κ3) is 3.14. The van der Waals surface area contributed by atoms with E-state index in [4.69, 9.17) is 9.84 Å². The topological polar surface area (TPSA) is 41.5 Å². The van der Waals surface area contributed by atoms with Crippen molar-refractivity contribution in [2.24, 2.45) is 0 Å². The predicted molar refractivity (Wildman–Crippen MR) is 68.4 cm³/mol. The molecule has 0 spiro atoms. The lowest BCUT2D eigenvalue weighted by Crippen LogP contribution is -1.95. The molecule has 3 heteroatoms. The summed E-state index contributed by atoms with van der Waals surface area (Å²) in [6.07, 6.45) is 0. The van der Waals surface area contributed by atoms with Gasteiger partial charge in [-0.25, -0.2) is 0 Å². The lowest BCUT2D eigenvalue weighted by molar-refractivity contribution is 0.306. The molecule has 0 heterocycles. The number of nitrogens with one attached hydrogen (secondary N) is 1. The van der Waals surface area contributed by atoms with Gasteiger partial charge in [0, 0.05) is 12.7 Å². The van der Waals surface area contributed by atoms with Crippen LogP contribution in [0.4, 0.5) is 5.69 Å². The molecule has 2 aromatic rings. The maximum absolute atomic E-state index is 9.15. The Labute approximate surface area is 101 Å². The van der Waals surface area contributed by atoms with Gasteiger partial charge in [0.05, 0.1) is 0 Å². The molecule has 0 saturated carbocycles. The van der Waals surface area contributed by atoms with Crippen molar-refractivity contribution in [3.05, 3.63) is 54.1 Å². The zero-order valence-electron chi connectivity index (χ0n) is 9.68. The molecule has 2 aromatic carbocycles. The Morgan fingerprint density at radius 2 is 1.65 bits per heavy atom. The summed E-state index contributed by atoms with van der Waals surface area (Å²) in [4.78, 5) is 0. The van der Waals surface area contributed by atoms with E-state index in [0.717, 1.165) is 17.0 Å². The molecule has 0 radical (unpaired) electrons. The maximum Gasteiger partial charge on any atom is 0.119 e. The predicted octanol–water partition coefficient (Wildman–Crippen LogP) is 3.01. The second kappa shape index (κ2) is 5.25. The molecule has 3 nitrogen and oxygen atoms in total. The Balaban J connectivity index is 1.95. The minimum Gasteiger partial charge on any atom is -0.508 e. The molecule has 0 aliphatic rings. The quantitative estimate of drug-likeness (QED) is 0.846. The van der Waals surface area contributed by atoms with Gasteiger partial charge >= 0.3 is 0 Å². The zero-order chi connectivity index (χ0) is 12.1. The van der Waals surface area contributed by atoms with Crippen LogP contribution in [0.15, 0.2) is 48.5 Å². The molecule has 0 unspecified atom stereocenters. The van der Waals surface area contributed by atoms with Crippen LogP contribution >= 0.6 is 0 Å². The first kappa shape index (κ1) is 11.3. The zero-order valence-corrected chi connectivity index (χ0v) is 9.68. The molecule has 0 saturated heterocycles. The van der Waals surface area contributed by atoms with Crippen LogP contribution in [0.3, 0.4) is 0 Å². The Bertz CT molecular complexity index is 463. The van der Waals surface area contributed by atoms with E-state index in [0.29, 0.717) is 6.61 Å². The highest BCUT2D eigenvalue weighted by molar-refractivity contribution is 5.45. The van der Waals surface area contributed by atoms with Crippen LogP contribution in [0.1, 0.15) is 5.56 Å². The fourth-order valence-corrected chi connectivity index (χ4v) is 1.48. The number of aromatic hydroxyl groups is 1. The van der Waals surface area contributed by atoms with Gasteiger partial charge in [-0.3, -0.25) is 0 Å². The Hall–Kier alpha value is -2.16. The summed E-state index contributed by atoms with van der Waals surface area (Å²) in [6, 6.07) is 14.8. The van der Waals surface area contributed by atoms with E-state index >= 15 is 0 Å². The smallest absolute Gasteiger partial charge is 0.119 e. The molecule has 0 aromatic heterocycles. The van der Waals surface area contributed by atoms with E-state index in [1.165, 1.54) is 0 Å². The van der Waals surface area contributed by atoms with E-state index in [1.54, 1.807) is 12.1 Å². The maximum atomic E-state index is 9.15. The Morgan fingerprint density at radius 1 is 1.00 bits per heavy atom. The van der Waals surface area contributed by atoms with Gasteiger partial charge in [-0.15, -0.1) is 0 Å². The fourth-order valence-electron chi connectivity index (χ4n) is 1.48. The van der Waals surface area contributed by atoms with Crippen LogP contribution in [-0.2, 0) is 6.61 Å². The van der Waals surface area contributed by atoms with Crippen LogP contribution in [-0.4, -0.2) is 12.2 Å². The van der Waals surface area contributed by atoms with Crippen LogP contribution in [0, 0.1) is 0 Å². The summed E-state index contributed by atoms with van der Waals surface area (Å²) in [5.41, 5.74) is 2.09. The van der Waals surface area contributed by atoms with Crippen molar-refractivity contribution < 1.29 is 9.84 Å². The van der Waals surface area contributed by atoms with Gasteiger partial charge in [0.15, 0.2) is 0 Å². The molecule has 0 atom stereocenters. The number of phenols is 1. The largest absolute Gasteiger partial charge is 0.508 e. The number of ether oxygens (including phenoxy) is 1. The van der Waals surface area contributed by atoms with Crippen LogP contribution < -0.4 is 10.1 Å². The van der Waals surface area contributed by atoms with Crippen LogP contribution in [0.2, 0.25) is 0 Å². The minimum absolute atomic E-state index is 0.270. The van der Waals surface area contributed by atoms with Crippen LogP contribution in [0.5, 0.6) is 11.5 Å². The van der Waals surface area contributed by atoms with Gasteiger partial charge in [-0.05, 0) is 42.0 Å². The van der Waals surface area contributed by atoms with Gasteiger partial charge in [0.25, 0.3) is 0 Å². The Morgan fingerprint density at radius 3 is 2.24 bits per heavy atom. The first-order valence-electron chi connectivity index (χ1n) is 5.46. The summed E-state index contributed by atoms with van der Waals surface area (Å²) in [7, 11) is 1.88. The van der Waals surface area contributed by atoms with Crippen molar-refractivity contribution in [3.63, 3.8) is 0 Å². The molecular formula is C14H15NO2. The van der Waals surface area contributed by atoms with Crippen molar-refractivity contribution in [2.75, 3.05) is 12.4 Å². The molecule has 2 rings (SSSR count). The standard InChI is InChI=1S/C14H15NO2/c1-15-12-4-8-14(9-5-12)17-10-11-2-6-13(16)7-3-11/h2-9,15-16H,10H2,1H3.